The Hall–Kier alpha value is -2.49. The Bertz CT molecular complexity index is 875. The molecule has 0 fully saturated rings. The summed E-state index contributed by atoms with van der Waals surface area (Å²) in [6.07, 6.45) is 0. The lowest BCUT2D eigenvalue weighted by Crippen LogP contribution is -2.03. The largest absolute Gasteiger partial charge is 0.508 e. The van der Waals surface area contributed by atoms with Crippen LogP contribution in [-0.4, -0.2) is 10.2 Å². The fourth-order valence-corrected chi connectivity index (χ4v) is 2.18. The molecule has 1 aromatic heterocycles. The Morgan fingerprint density at radius 2 is 1.79 bits per heavy atom. The molecule has 0 unspecified atom stereocenters. The van der Waals surface area contributed by atoms with Gasteiger partial charge in [-0.2, -0.15) is 0 Å². The third kappa shape index (κ3) is 1.57. The number of hydrogen-bond donors (Lipinski definition) is 2. The van der Waals surface area contributed by atoms with Crippen molar-refractivity contribution in [3.05, 3.63) is 45.6 Å². The number of hydrogen-bond acceptors (Lipinski definition) is 4. The van der Waals surface area contributed by atoms with Crippen molar-refractivity contribution in [3.8, 4) is 11.5 Å². The van der Waals surface area contributed by atoms with Crippen LogP contribution in [0.2, 0.25) is 0 Å². The van der Waals surface area contributed by atoms with Crippen LogP contribution >= 0.6 is 0 Å². The molecule has 0 aliphatic rings. The fraction of sp³-hybridized carbons (Fsp3) is 0.133. The average molecular weight is 256 g/mol. The lowest BCUT2D eigenvalue weighted by molar-refractivity contribution is 0.461. The van der Waals surface area contributed by atoms with Gasteiger partial charge in [0.25, 0.3) is 0 Å². The molecule has 3 aromatic rings. The van der Waals surface area contributed by atoms with E-state index in [1.165, 1.54) is 18.2 Å². The van der Waals surface area contributed by atoms with Crippen LogP contribution in [0.5, 0.6) is 11.5 Å². The van der Waals surface area contributed by atoms with E-state index < -0.39 is 0 Å². The van der Waals surface area contributed by atoms with Crippen LogP contribution in [0.4, 0.5) is 0 Å². The average Bonchev–Trinajstić information content (AvgIpc) is 2.38. The second-order valence-electron chi connectivity index (χ2n) is 4.66. The number of phenolic OH excluding ortho intramolecular Hbond substituents is 2. The summed E-state index contributed by atoms with van der Waals surface area (Å²) in [6, 6.07) is 6.03. The second kappa shape index (κ2) is 3.75. The minimum absolute atomic E-state index is 0.0123. The van der Waals surface area contributed by atoms with Crippen LogP contribution in [0, 0.1) is 13.8 Å². The van der Waals surface area contributed by atoms with Gasteiger partial charge >= 0.3 is 0 Å². The molecule has 0 atom stereocenters. The molecule has 4 nitrogen and oxygen atoms in total. The van der Waals surface area contributed by atoms with Crippen molar-refractivity contribution in [2.24, 2.45) is 0 Å². The maximum atomic E-state index is 12.4. The van der Waals surface area contributed by atoms with Gasteiger partial charge in [0.1, 0.15) is 11.3 Å². The van der Waals surface area contributed by atoms with Crippen molar-refractivity contribution in [2.45, 2.75) is 13.8 Å². The molecule has 2 aromatic carbocycles. The van der Waals surface area contributed by atoms with Gasteiger partial charge in [-0.3, -0.25) is 4.79 Å². The summed E-state index contributed by atoms with van der Waals surface area (Å²) in [5.74, 6) is -0.0179. The summed E-state index contributed by atoms with van der Waals surface area (Å²) in [7, 11) is 0. The van der Waals surface area contributed by atoms with Crippen molar-refractivity contribution in [1.29, 1.82) is 0 Å². The molecule has 96 valence electrons. The molecule has 3 rings (SSSR count). The zero-order valence-electron chi connectivity index (χ0n) is 10.5. The van der Waals surface area contributed by atoms with Gasteiger partial charge in [-0.1, -0.05) is 0 Å². The Labute approximate surface area is 108 Å². The first-order valence-electron chi connectivity index (χ1n) is 5.87. The van der Waals surface area contributed by atoms with Crippen molar-refractivity contribution >= 4 is 21.9 Å². The first-order valence-corrected chi connectivity index (χ1v) is 5.87. The molecule has 0 amide bonds. The summed E-state index contributed by atoms with van der Waals surface area (Å²) in [6.45, 7) is 3.59. The smallest absolute Gasteiger partial charge is 0.200 e. The van der Waals surface area contributed by atoms with E-state index in [2.05, 4.69) is 0 Å². The van der Waals surface area contributed by atoms with Gasteiger partial charge in [0, 0.05) is 6.07 Å². The Morgan fingerprint density at radius 1 is 1.05 bits per heavy atom. The second-order valence-corrected chi connectivity index (χ2v) is 4.66. The Balaban J connectivity index is 2.62. The van der Waals surface area contributed by atoms with E-state index in [4.69, 9.17) is 4.42 Å². The van der Waals surface area contributed by atoms with Crippen molar-refractivity contribution in [3.63, 3.8) is 0 Å². The summed E-state index contributed by atoms with van der Waals surface area (Å²) < 4.78 is 5.56. The topological polar surface area (TPSA) is 70.7 Å². The minimum atomic E-state index is -0.213. The molecule has 0 bridgehead atoms. The maximum absolute atomic E-state index is 12.4. The normalized spacial score (nSPS) is 11.3. The summed E-state index contributed by atoms with van der Waals surface area (Å²) in [5.41, 5.74) is 1.71. The molecule has 1 heterocycles. The molecule has 0 radical (unpaired) electrons. The van der Waals surface area contributed by atoms with E-state index >= 15 is 0 Å². The Morgan fingerprint density at radius 3 is 2.53 bits per heavy atom. The molecule has 19 heavy (non-hydrogen) atoms. The highest BCUT2D eigenvalue weighted by Crippen LogP contribution is 2.32. The predicted octanol–water partition coefficient (Wildman–Crippen LogP) is 2.97. The zero-order chi connectivity index (χ0) is 13.7. The molecule has 0 saturated heterocycles. The Kier molecular flexibility index (Phi) is 2.29. The molecule has 0 saturated carbocycles. The monoisotopic (exact) mass is 256 g/mol. The summed E-state index contributed by atoms with van der Waals surface area (Å²) in [5, 5.41) is 20.3. The molecule has 0 spiro atoms. The SMILES string of the molecule is Cc1cc2c(=O)c3ccc(O)cc3oc2c(O)c1C. The van der Waals surface area contributed by atoms with Crippen LogP contribution in [-0.2, 0) is 0 Å². The van der Waals surface area contributed by atoms with E-state index in [1.807, 2.05) is 6.92 Å². The van der Waals surface area contributed by atoms with E-state index in [0.717, 1.165) is 5.56 Å². The van der Waals surface area contributed by atoms with Gasteiger partial charge in [0.15, 0.2) is 11.3 Å². The standard InChI is InChI=1S/C15H12O4/c1-7-5-11-14(18)10-4-3-9(16)6-12(10)19-15(11)13(17)8(7)2/h3-6,16-17H,1-2H3. The summed E-state index contributed by atoms with van der Waals surface area (Å²) >= 11 is 0. The van der Waals surface area contributed by atoms with E-state index in [0.29, 0.717) is 16.3 Å². The maximum Gasteiger partial charge on any atom is 0.200 e. The van der Waals surface area contributed by atoms with Crippen molar-refractivity contribution in [1.82, 2.24) is 0 Å². The van der Waals surface area contributed by atoms with Gasteiger partial charge < -0.3 is 14.6 Å². The minimum Gasteiger partial charge on any atom is -0.508 e. The number of aromatic hydroxyl groups is 2. The highest BCUT2D eigenvalue weighted by Gasteiger charge is 2.14. The quantitative estimate of drug-likeness (QED) is 0.606. The molecule has 2 N–H and O–H groups in total. The van der Waals surface area contributed by atoms with Crippen molar-refractivity contribution in [2.75, 3.05) is 0 Å². The van der Waals surface area contributed by atoms with Gasteiger partial charge in [-0.05, 0) is 43.2 Å². The summed E-state index contributed by atoms with van der Waals surface area (Å²) in [4.78, 5) is 12.4. The highest BCUT2D eigenvalue weighted by atomic mass is 16.4. The van der Waals surface area contributed by atoms with Gasteiger partial charge in [-0.25, -0.2) is 0 Å². The van der Waals surface area contributed by atoms with E-state index in [1.54, 1.807) is 13.0 Å². The molecular formula is C15H12O4. The molecular weight excluding hydrogens is 244 g/mol. The van der Waals surface area contributed by atoms with Gasteiger partial charge in [0.05, 0.1) is 10.8 Å². The zero-order valence-corrected chi connectivity index (χ0v) is 10.5. The lowest BCUT2D eigenvalue weighted by atomic mass is 10.0. The van der Waals surface area contributed by atoms with Crippen LogP contribution in [0.1, 0.15) is 11.1 Å². The van der Waals surface area contributed by atoms with Crippen LogP contribution in [0.3, 0.4) is 0 Å². The number of benzene rings is 2. The highest BCUT2D eigenvalue weighted by molar-refractivity contribution is 5.93. The predicted molar refractivity (Wildman–Crippen MR) is 72.8 cm³/mol. The number of aryl methyl sites for hydroxylation is 1. The first-order chi connectivity index (χ1) is 8.99. The van der Waals surface area contributed by atoms with Crippen LogP contribution in [0.25, 0.3) is 21.9 Å². The number of fused-ring (bicyclic) bond motifs is 2. The molecule has 4 heteroatoms. The third-order valence-corrected chi connectivity index (χ3v) is 3.43. The lowest BCUT2D eigenvalue weighted by Gasteiger charge is -2.08. The van der Waals surface area contributed by atoms with Crippen LogP contribution < -0.4 is 5.43 Å². The number of phenols is 2. The molecule has 0 aliphatic heterocycles. The van der Waals surface area contributed by atoms with E-state index in [-0.39, 0.29) is 28.1 Å². The third-order valence-electron chi connectivity index (χ3n) is 3.43. The van der Waals surface area contributed by atoms with E-state index in [9.17, 15) is 15.0 Å². The fourth-order valence-electron chi connectivity index (χ4n) is 2.18. The number of rotatable bonds is 0. The van der Waals surface area contributed by atoms with Gasteiger partial charge in [-0.15, -0.1) is 0 Å². The van der Waals surface area contributed by atoms with Crippen LogP contribution in [0.15, 0.2) is 33.5 Å². The van der Waals surface area contributed by atoms with Crippen molar-refractivity contribution < 1.29 is 14.6 Å². The molecule has 0 aliphatic carbocycles. The van der Waals surface area contributed by atoms with Gasteiger partial charge in [0.2, 0.25) is 5.43 Å². The first kappa shape index (κ1) is 11.6.